The van der Waals surface area contributed by atoms with E-state index in [0.29, 0.717) is 5.92 Å². The summed E-state index contributed by atoms with van der Waals surface area (Å²) in [6.07, 6.45) is 3.67. The van der Waals surface area contributed by atoms with Crippen LogP contribution in [0.2, 0.25) is 0 Å². The third-order valence-corrected chi connectivity index (χ3v) is 3.46. The first-order valence-electron chi connectivity index (χ1n) is 7.12. The highest BCUT2D eigenvalue weighted by molar-refractivity contribution is 5.68. The molecular weight excluding hydrogens is 242 g/mol. The number of allylic oxidation sites excluding steroid dienone is 1. The molecule has 0 heterocycles. The van der Waals surface area contributed by atoms with Crippen LogP contribution in [0, 0.1) is 5.92 Å². The average Bonchev–Trinajstić information content (AvgIpc) is 2.28. The van der Waals surface area contributed by atoms with Crippen molar-refractivity contribution in [2.24, 2.45) is 5.92 Å². The predicted molar refractivity (Wildman–Crippen MR) is 75.9 cm³/mol. The number of hydrogen-bond donors (Lipinski definition) is 2. The lowest BCUT2D eigenvalue weighted by Gasteiger charge is -2.32. The molecule has 0 bridgehead atoms. The Labute approximate surface area is 116 Å². The van der Waals surface area contributed by atoms with E-state index in [4.69, 9.17) is 4.74 Å². The quantitative estimate of drug-likeness (QED) is 0.774. The van der Waals surface area contributed by atoms with E-state index in [1.807, 2.05) is 20.8 Å². The second kappa shape index (κ2) is 6.42. The van der Waals surface area contributed by atoms with Crippen LogP contribution in [0.5, 0.6) is 0 Å². The maximum absolute atomic E-state index is 11.8. The summed E-state index contributed by atoms with van der Waals surface area (Å²) in [7, 11) is 0. The highest BCUT2D eigenvalue weighted by Crippen LogP contribution is 2.27. The van der Waals surface area contributed by atoms with Crippen molar-refractivity contribution >= 4 is 6.09 Å². The van der Waals surface area contributed by atoms with E-state index >= 15 is 0 Å². The van der Waals surface area contributed by atoms with Crippen LogP contribution in [0.25, 0.3) is 0 Å². The first kappa shape index (κ1) is 16.0. The molecule has 2 N–H and O–H groups in total. The van der Waals surface area contributed by atoms with Crippen LogP contribution in [0.15, 0.2) is 11.6 Å². The molecule has 4 nitrogen and oxygen atoms in total. The maximum atomic E-state index is 11.8. The molecule has 0 saturated carbocycles. The highest BCUT2D eigenvalue weighted by atomic mass is 16.6. The lowest BCUT2D eigenvalue weighted by Crippen LogP contribution is -2.47. The van der Waals surface area contributed by atoms with Crippen LogP contribution in [-0.2, 0) is 4.74 Å². The number of carbonyl (C=O) groups is 1. The molecule has 0 radical (unpaired) electrons. The van der Waals surface area contributed by atoms with E-state index < -0.39 is 17.8 Å². The second-order valence-corrected chi connectivity index (χ2v) is 6.29. The predicted octanol–water partition coefficient (Wildman–Crippen LogP) is 3.01. The Morgan fingerprint density at radius 1 is 1.58 bits per heavy atom. The number of alkyl carbamates (subject to hydrolysis) is 1. The normalized spacial score (nSPS) is 25.5. The molecule has 1 unspecified atom stereocenters. The Bertz CT molecular complexity index is 344. The summed E-state index contributed by atoms with van der Waals surface area (Å²) in [5.41, 5.74) is 0.522. The van der Waals surface area contributed by atoms with E-state index in [0.717, 1.165) is 24.8 Å². The number of aliphatic hydroxyl groups is 1. The molecule has 0 fully saturated rings. The Morgan fingerprint density at radius 3 is 2.74 bits per heavy atom. The van der Waals surface area contributed by atoms with E-state index in [9.17, 15) is 9.90 Å². The first-order chi connectivity index (χ1) is 8.74. The number of aliphatic hydroxyl groups excluding tert-OH is 1. The summed E-state index contributed by atoms with van der Waals surface area (Å²) in [6.45, 7) is 9.69. The van der Waals surface area contributed by atoms with Gasteiger partial charge in [-0.2, -0.15) is 0 Å². The van der Waals surface area contributed by atoms with Gasteiger partial charge in [0.1, 0.15) is 5.60 Å². The molecule has 1 aliphatic rings. The molecule has 110 valence electrons. The van der Waals surface area contributed by atoms with E-state index in [-0.39, 0.29) is 6.04 Å². The molecule has 1 rings (SSSR count). The van der Waals surface area contributed by atoms with E-state index in [2.05, 4.69) is 25.2 Å². The SMILES string of the molecule is CCC(C)C1=CCC[C@H](NC(=O)OC(C)(C)C)[C@@H]1O. The Balaban J connectivity index is 2.61. The van der Waals surface area contributed by atoms with Crippen LogP contribution in [0.4, 0.5) is 4.79 Å². The van der Waals surface area contributed by atoms with Crippen molar-refractivity contribution in [3.63, 3.8) is 0 Å². The minimum Gasteiger partial charge on any atom is -0.444 e. The summed E-state index contributed by atoms with van der Waals surface area (Å²) in [6, 6.07) is -0.246. The van der Waals surface area contributed by atoms with Gasteiger partial charge in [0, 0.05) is 0 Å². The zero-order valence-corrected chi connectivity index (χ0v) is 12.7. The summed E-state index contributed by atoms with van der Waals surface area (Å²) in [5.74, 6) is 0.346. The maximum Gasteiger partial charge on any atom is 0.407 e. The largest absolute Gasteiger partial charge is 0.444 e. The Hall–Kier alpha value is -1.03. The molecule has 19 heavy (non-hydrogen) atoms. The van der Waals surface area contributed by atoms with E-state index in [1.54, 1.807) is 0 Å². The summed E-state index contributed by atoms with van der Waals surface area (Å²) >= 11 is 0. The first-order valence-corrected chi connectivity index (χ1v) is 7.12. The van der Waals surface area contributed by atoms with Gasteiger partial charge >= 0.3 is 6.09 Å². The molecule has 0 spiro atoms. The summed E-state index contributed by atoms with van der Waals surface area (Å²) in [5, 5.41) is 13.1. The van der Waals surface area contributed by atoms with Crippen molar-refractivity contribution in [1.82, 2.24) is 5.32 Å². The fourth-order valence-corrected chi connectivity index (χ4v) is 2.28. The number of hydrogen-bond acceptors (Lipinski definition) is 3. The van der Waals surface area contributed by atoms with Crippen LogP contribution in [0.3, 0.4) is 0 Å². The summed E-state index contributed by atoms with van der Waals surface area (Å²) < 4.78 is 5.23. The fourth-order valence-electron chi connectivity index (χ4n) is 2.28. The molecule has 3 atom stereocenters. The number of amides is 1. The number of ether oxygens (including phenoxy) is 1. The minimum absolute atomic E-state index is 0.246. The van der Waals surface area contributed by atoms with Crippen molar-refractivity contribution in [1.29, 1.82) is 0 Å². The van der Waals surface area contributed by atoms with Crippen molar-refractivity contribution in [3.8, 4) is 0 Å². The van der Waals surface area contributed by atoms with Gasteiger partial charge in [-0.1, -0.05) is 19.9 Å². The van der Waals surface area contributed by atoms with Gasteiger partial charge in [0.25, 0.3) is 0 Å². The molecule has 0 aromatic rings. The van der Waals surface area contributed by atoms with Crippen LogP contribution >= 0.6 is 0 Å². The van der Waals surface area contributed by atoms with Crippen molar-refractivity contribution in [3.05, 3.63) is 11.6 Å². The number of rotatable bonds is 3. The van der Waals surface area contributed by atoms with Gasteiger partial charge in [0.15, 0.2) is 0 Å². The van der Waals surface area contributed by atoms with Gasteiger partial charge < -0.3 is 15.2 Å². The van der Waals surface area contributed by atoms with Crippen LogP contribution < -0.4 is 5.32 Å². The molecule has 0 aromatic carbocycles. The average molecular weight is 269 g/mol. The lowest BCUT2D eigenvalue weighted by molar-refractivity contribution is 0.0430. The zero-order chi connectivity index (χ0) is 14.6. The molecule has 1 aliphatic carbocycles. The highest BCUT2D eigenvalue weighted by Gasteiger charge is 2.30. The fraction of sp³-hybridized carbons (Fsp3) is 0.800. The lowest BCUT2D eigenvalue weighted by atomic mass is 9.84. The minimum atomic E-state index is -0.601. The van der Waals surface area contributed by atoms with Crippen molar-refractivity contribution < 1.29 is 14.6 Å². The van der Waals surface area contributed by atoms with Crippen molar-refractivity contribution in [2.75, 3.05) is 0 Å². The molecule has 4 heteroatoms. The van der Waals surface area contributed by atoms with Crippen LogP contribution in [-0.4, -0.2) is 28.9 Å². The van der Waals surface area contributed by atoms with E-state index in [1.165, 1.54) is 0 Å². The molecule has 0 saturated heterocycles. The number of carbonyl (C=O) groups excluding carboxylic acids is 1. The second-order valence-electron chi connectivity index (χ2n) is 6.29. The summed E-state index contributed by atoms with van der Waals surface area (Å²) in [4.78, 5) is 11.8. The topological polar surface area (TPSA) is 58.6 Å². The molecular formula is C15H27NO3. The van der Waals surface area contributed by atoms with Gasteiger partial charge in [0.2, 0.25) is 0 Å². The molecule has 1 amide bonds. The standard InChI is InChI=1S/C15H27NO3/c1-6-10(2)11-8-7-9-12(13(11)17)16-14(18)19-15(3,4)5/h8,10,12-13,17H,6-7,9H2,1-5H3,(H,16,18)/t10?,12-,13+/m0/s1. The zero-order valence-electron chi connectivity index (χ0n) is 12.7. The molecule has 0 aromatic heterocycles. The van der Waals surface area contributed by atoms with Gasteiger partial charge in [-0.3, -0.25) is 0 Å². The van der Waals surface area contributed by atoms with Gasteiger partial charge in [-0.05, 0) is 51.5 Å². The molecule has 0 aliphatic heterocycles. The monoisotopic (exact) mass is 269 g/mol. The Morgan fingerprint density at radius 2 is 2.21 bits per heavy atom. The van der Waals surface area contributed by atoms with Gasteiger partial charge in [-0.25, -0.2) is 4.79 Å². The smallest absolute Gasteiger partial charge is 0.407 e. The number of nitrogens with one attached hydrogen (secondary N) is 1. The van der Waals surface area contributed by atoms with Gasteiger partial charge in [-0.15, -0.1) is 0 Å². The van der Waals surface area contributed by atoms with Crippen molar-refractivity contribution in [2.45, 2.75) is 71.6 Å². The third-order valence-electron chi connectivity index (χ3n) is 3.46. The third kappa shape index (κ3) is 4.86. The van der Waals surface area contributed by atoms with Crippen LogP contribution in [0.1, 0.15) is 53.9 Å². The van der Waals surface area contributed by atoms with Gasteiger partial charge in [0.05, 0.1) is 12.1 Å². The Kier molecular flexibility index (Phi) is 5.41.